The first-order chi connectivity index (χ1) is 25.1. The molecule has 3 aromatic carbocycles. The zero-order chi connectivity index (χ0) is 37.9. The third-order valence-electron chi connectivity index (χ3n) is 8.65. The van der Waals surface area contributed by atoms with Gasteiger partial charge in [-0.2, -0.15) is 10.2 Å². The van der Waals surface area contributed by atoms with Gasteiger partial charge < -0.3 is 10.1 Å². The lowest BCUT2D eigenvalue weighted by Crippen LogP contribution is -2.37. The van der Waals surface area contributed by atoms with E-state index in [1.807, 2.05) is 0 Å². The second kappa shape index (κ2) is 13.5. The van der Waals surface area contributed by atoms with Gasteiger partial charge in [0.25, 0.3) is 5.56 Å². The topological polar surface area (TPSA) is 155 Å². The van der Waals surface area contributed by atoms with Gasteiger partial charge in [0, 0.05) is 31.6 Å². The Labute approximate surface area is 303 Å². The summed E-state index contributed by atoms with van der Waals surface area (Å²) in [5.74, 6) is -6.10. The first-order valence-corrected chi connectivity index (χ1v) is 18.3. The van der Waals surface area contributed by atoms with Crippen molar-refractivity contribution in [1.29, 1.82) is 0 Å². The molecule has 1 amide bonds. The molecule has 1 aliphatic carbocycles. The number of benzene rings is 3. The number of carbonyl (C=O) groups excluding carboxylic acids is 1. The SMILES string of the molecule is COc1c(F)cc2c(=O)n(-c3ccc(Cl)c4c(NS(C)(=O)=O)nn(C)c34)c([C@H](Cc3cc(F)cc(F)c3)NC(=O)Cn3ccc(C4CC4)n3)nc2c1F. The third kappa shape index (κ3) is 7.03. The number of anilines is 1. The van der Waals surface area contributed by atoms with E-state index in [0.29, 0.717) is 12.0 Å². The zero-order valence-corrected chi connectivity index (χ0v) is 29.7. The van der Waals surface area contributed by atoms with Gasteiger partial charge in [0.2, 0.25) is 15.9 Å². The highest BCUT2D eigenvalue weighted by Crippen LogP contribution is 2.39. The van der Waals surface area contributed by atoms with Gasteiger partial charge in [-0.25, -0.2) is 31.0 Å². The molecule has 0 saturated heterocycles. The summed E-state index contributed by atoms with van der Waals surface area (Å²) in [4.78, 5) is 32.7. The van der Waals surface area contributed by atoms with Crippen LogP contribution in [0.2, 0.25) is 5.02 Å². The van der Waals surface area contributed by atoms with Crippen molar-refractivity contribution in [3.05, 3.63) is 104 Å². The molecule has 0 bridgehead atoms. The van der Waals surface area contributed by atoms with Crippen molar-refractivity contribution < 1.29 is 35.5 Å². The van der Waals surface area contributed by atoms with E-state index >= 15 is 8.78 Å². The molecule has 3 heterocycles. The van der Waals surface area contributed by atoms with Crippen LogP contribution in [0.25, 0.3) is 27.5 Å². The normalized spacial score (nSPS) is 13.8. The number of halogens is 5. The third-order valence-corrected chi connectivity index (χ3v) is 9.53. The Balaban J connectivity index is 1.48. The van der Waals surface area contributed by atoms with Crippen molar-refractivity contribution >= 4 is 55.2 Å². The molecule has 1 aliphatic rings. The fourth-order valence-corrected chi connectivity index (χ4v) is 7.05. The highest BCUT2D eigenvalue weighted by Gasteiger charge is 2.30. The lowest BCUT2D eigenvalue weighted by atomic mass is 10.0. The van der Waals surface area contributed by atoms with Crippen LogP contribution >= 0.6 is 11.6 Å². The Morgan fingerprint density at radius 1 is 1.08 bits per heavy atom. The van der Waals surface area contributed by atoms with E-state index in [1.54, 1.807) is 12.3 Å². The number of fused-ring (bicyclic) bond motifs is 2. The van der Waals surface area contributed by atoms with E-state index < -0.39 is 67.5 Å². The quantitative estimate of drug-likeness (QED) is 0.174. The molecule has 1 fully saturated rings. The maximum absolute atomic E-state index is 15.9. The molecule has 0 aliphatic heterocycles. The van der Waals surface area contributed by atoms with E-state index in [-0.39, 0.29) is 51.8 Å². The Kier molecular flexibility index (Phi) is 9.13. The number of sulfonamides is 1. The summed E-state index contributed by atoms with van der Waals surface area (Å²) < 4.78 is 95.2. The monoisotopic (exact) mass is 772 g/mol. The fourth-order valence-electron chi connectivity index (χ4n) is 6.31. The minimum absolute atomic E-state index is 0.0260. The molecule has 6 aromatic rings. The maximum Gasteiger partial charge on any atom is 0.266 e. The number of aryl methyl sites for hydroxylation is 1. The lowest BCUT2D eigenvalue weighted by molar-refractivity contribution is -0.122. The van der Waals surface area contributed by atoms with Crippen LogP contribution in [0.1, 0.15) is 41.9 Å². The van der Waals surface area contributed by atoms with Gasteiger partial charge in [0.05, 0.1) is 52.1 Å². The Hall–Kier alpha value is -5.49. The zero-order valence-electron chi connectivity index (χ0n) is 28.1. The molecule has 276 valence electrons. The summed E-state index contributed by atoms with van der Waals surface area (Å²) in [7, 11) is -1.42. The molecule has 3 aromatic heterocycles. The highest BCUT2D eigenvalue weighted by atomic mass is 35.5. The van der Waals surface area contributed by atoms with E-state index in [2.05, 4.69) is 25.2 Å². The minimum Gasteiger partial charge on any atom is -0.491 e. The molecule has 19 heteroatoms. The summed E-state index contributed by atoms with van der Waals surface area (Å²) >= 11 is 6.54. The number of nitrogens with zero attached hydrogens (tertiary/aromatic N) is 6. The largest absolute Gasteiger partial charge is 0.491 e. The highest BCUT2D eigenvalue weighted by molar-refractivity contribution is 7.92. The number of hydrogen-bond donors (Lipinski definition) is 2. The summed E-state index contributed by atoms with van der Waals surface area (Å²) in [5, 5.41) is 11.0. The van der Waals surface area contributed by atoms with Gasteiger partial charge >= 0.3 is 0 Å². The molecule has 53 heavy (non-hydrogen) atoms. The molecule has 0 unspecified atom stereocenters. The smallest absolute Gasteiger partial charge is 0.266 e. The van der Waals surface area contributed by atoms with Crippen LogP contribution in [0, 0.1) is 23.3 Å². The van der Waals surface area contributed by atoms with Crippen LogP contribution in [-0.2, 0) is 34.8 Å². The van der Waals surface area contributed by atoms with Gasteiger partial charge in [0.15, 0.2) is 23.2 Å². The number of carbonyl (C=O) groups is 1. The van der Waals surface area contributed by atoms with Crippen molar-refractivity contribution in [3.8, 4) is 11.4 Å². The first kappa shape index (κ1) is 35.9. The summed E-state index contributed by atoms with van der Waals surface area (Å²) in [6, 6.07) is 6.52. The number of aromatic nitrogens is 6. The first-order valence-electron chi connectivity index (χ1n) is 16.0. The number of ether oxygens (including phenoxy) is 1. The molecule has 0 spiro atoms. The van der Waals surface area contributed by atoms with Crippen molar-refractivity contribution in [2.75, 3.05) is 18.1 Å². The number of hydrogen-bond acceptors (Lipinski definition) is 8. The molecule has 13 nitrogen and oxygen atoms in total. The van der Waals surface area contributed by atoms with Crippen molar-refractivity contribution in [1.82, 2.24) is 34.4 Å². The van der Waals surface area contributed by atoms with Crippen LogP contribution < -0.4 is 20.3 Å². The molecule has 0 radical (unpaired) electrons. The fraction of sp³-hybridized carbons (Fsp3) is 0.265. The van der Waals surface area contributed by atoms with E-state index in [9.17, 15) is 26.8 Å². The van der Waals surface area contributed by atoms with Crippen molar-refractivity contribution in [2.24, 2.45) is 7.05 Å². The summed E-state index contributed by atoms with van der Waals surface area (Å²) in [5.41, 5.74) is -0.772. The number of methoxy groups -OCH3 is 1. The Morgan fingerprint density at radius 3 is 2.45 bits per heavy atom. The van der Waals surface area contributed by atoms with Gasteiger partial charge in [0.1, 0.15) is 29.5 Å². The van der Waals surface area contributed by atoms with Crippen LogP contribution in [-0.4, -0.2) is 56.8 Å². The number of nitrogens with one attached hydrogen (secondary N) is 2. The van der Waals surface area contributed by atoms with Gasteiger partial charge in [-0.15, -0.1) is 0 Å². The second-order valence-corrected chi connectivity index (χ2v) is 14.8. The molecular weight excluding hydrogens is 744 g/mol. The Bertz CT molecular complexity index is 2620. The Morgan fingerprint density at radius 2 is 1.79 bits per heavy atom. The van der Waals surface area contributed by atoms with E-state index in [1.165, 1.54) is 28.5 Å². The predicted octanol–water partition coefficient (Wildman–Crippen LogP) is 5.04. The maximum atomic E-state index is 15.9. The summed E-state index contributed by atoms with van der Waals surface area (Å²) in [6.07, 6.45) is 4.10. The molecule has 1 atom stereocenters. The average molecular weight is 773 g/mol. The minimum atomic E-state index is -3.88. The van der Waals surface area contributed by atoms with E-state index in [0.717, 1.165) is 54.7 Å². The van der Waals surface area contributed by atoms with Crippen LogP contribution in [0.4, 0.5) is 23.4 Å². The molecule has 7 rings (SSSR count). The van der Waals surface area contributed by atoms with Crippen LogP contribution in [0.5, 0.6) is 5.75 Å². The van der Waals surface area contributed by atoms with Crippen LogP contribution in [0.15, 0.2) is 53.5 Å². The standard InChI is InChI=1S/C34H29ClF4N8O5S/c1-45-30-25(7-6-21(35)27(30)32(43-45)44-53(3,50)51)47-33(41-29-20(34(47)49)14-22(38)31(52-2)28(29)39)24(12-16-10-18(36)13-19(37)11-16)40-26(48)15-46-9-8-23(42-46)17-4-5-17/h6-11,13-14,17,24H,4-5,12,15H2,1-3H3,(H,40,48)(H,43,44)/t24-/m0/s1. The number of rotatable bonds is 11. The van der Waals surface area contributed by atoms with Crippen molar-refractivity contribution in [2.45, 2.75) is 37.8 Å². The molecule has 2 N–H and O–H groups in total. The van der Waals surface area contributed by atoms with Crippen LogP contribution in [0.3, 0.4) is 0 Å². The summed E-state index contributed by atoms with van der Waals surface area (Å²) in [6.45, 7) is -0.306. The lowest BCUT2D eigenvalue weighted by Gasteiger charge is -2.24. The van der Waals surface area contributed by atoms with Gasteiger partial charge in [-0.1, -0.05) is 11.6 Å². The second-order valence-electron chi connectivity index (χ2n) is 12.7. The molecular formula is C34H29ClF4N8O5S. The van der Waals surface area contributed by atoms with E-state index in [4.69, 9.17) is 16.3 Å². The average Bonchev–Trinajstić information content (AvgIpc) is 3.73. The number of amides is 1. The van der Waals surface area contributed by atoms with Gasteiger partial charge in [-0.05, 0) is 54.8 Å². The molecule has 1 saturated carbocycles. The predicted molar refractivity (Wildman–Crippen MR) is 187 cm³/mol. The van der Waals surface area contributed by atoms with Gasteiger partial charge in [-0.3, -0.25) is 28.2 Å². The van der Waals surface area contributed by atoms with Crippen molar-refractivity contribution in [3.63, 3.8) is 0 Å².